The molecule has 29 heavy (non-hydrogen) atoms. The van der Waals surface area contributed by atoms with Crippen LogP contribution in [0.15, 0.2) is 59.4 Å². The molecule has 0 saturated heterocycles. The minimum atomic E-state index is -0.538. The average Bonchev–Trinajstić information content (AvgIpc) is 3.18. The molecule has 0 unspecified atom stereocenters. The summed E-state index contributed by atoms with van der Waals surface area (Å²) in [6, 6.07) is 14.2. The van der Waals surface area contributed by atoms with Gasteiger partial charge in [0, 0.05) is 24.9 Å². The van der Waals surface area contributed by atoms with Gasteiger partial charge in [0.2, 0.25) is 6.79 Å². The first-order valence-corrected chi connectivity index (χ1v) is 8.67. The highest BCUT2D eigenvalue weighted by Crippen LogP contribution is 2.34. The maximum atomic E-state index is 12.8. The summed E-state index contributed by atoms with van der Waals surface area (Å²) in [7, 11) is 1.45. The van der Waals surface area contributed by atoms with Crippen molar-refractivity contribution >= 4 is 23.2 Å². The molecule has 3 aromatic rings. The Bertz CT molecular complexity index is 1170. The minimum Gasteiger partial charge on any atom is -0.454 e. The van der Waals surface area contributed by atoms with Gasteiger partial charge in [-0.25, -0.2) is 4.68 Å². The predicted molar refractivity (Wildman–Crippen MR) is 104 cm³/mol. The predicted octanol–water partition coefficient (Wildman–Crippen LogP) is 2.01. The third kappa shape index (κ3) is 3.79. The zero-order chi connectivity index (χ0) is 20.4. The van der Waals surface area contributed by atoms with E-state index >= 15 is 0 Å². The number of anilines is 2. The zero-order valence-electron chi connectivity index (χ0n) is 15.3. The number of carbonyl (C=O) groups excluding carboxylic acids is 2. The summed E-state index contributed by atoms with van der Waals surface area (Å²) in [4.78, 5) is 36.7. The Morgan fingerprint density at radius 2 is 1.76 bits per heavy atom. The molecule has 2 heterocycles. The van der Waals surface area contributed by atoms with Crippen molar-refractivity contribution < 1.29 is 19.1 Å². The fourth-order valence-corrected chi connectivity index (χ4v) is 2.77. The summed E-state index contributed by atoms with van der Waals surface area (Å²) in [5.41, 5.74) is 0.831. The number of amides is 2. The number of aryl methyl sites for hydroxylation is 1. The first kappa shape index (κ1) is 18.2. The molecule has 4 rings (SSSR count). The lowest BCUT2D eigenvalue weighted by Gasteiger charge is -2.12. The average molecular weight is 392 g/mol. The Hall–Kier alpha value is -4.14. The zero-order valence-corrected chi connectivity index (χ0v) is 15.3. The number of benzene rings is 2. The number of hydrogen-bond acceptors (Lipinski definition) is 6. The van der Waals surface area contributed by atoms with Crippen LogP contribution in [0.25, 0.3) is 0 Å². The lowest BCUT2D eigenvalue weighted by atomic mass is 10.1. The molecule has 1 aliphatic rings. The van der Waals surface area contributed by atoms with Gasteiger partial charge in [-0.05, 0) is 30.3 Å². The lowest BCUT2D eigenvalue weighted by molar-refractivity contribution is 0.102. The van der Waals surface area contributed by atoms with Crippen LogP contribution in [0.1, 0.15) is 20.8 Å². The molecule has 1 aliphatic heterocycles. The second-order valence-corrected chi connectivity index (χ2v) is 6.20. The standard InChI is InChI=1S/C20H16N4O5/c1-24-18(25)9-7-15(23-24)20(27)22-14-5-3-2-4-13(14)19(26)21-12-6-8-16-17(10-12)29-11-28-16/h2-10H,11H2,1H3,(H,21,26)(H,22,27). The lowest BCUT2D eigenvalue weighted by Crippen LogP contribution is -2.24. The minimum absolute atomic E-state index is 0.0538. The second-order valence-electron chi connectivity index (χ2n) is 6.20. The molecule has 0 saturated carbocycles. The summed E-state index contributed by atoms with van der Waals surface area (Å²) in [5.74, 6) is 0.211. The molecule has 2 amide bonds. The van der Waals surface area contributed by atoms with Crippen LogP contribution in [0.4, 0.5) is 11.4 Å². The molecule has 146 valence electrons. The van der Waals surface area contributed by atoms with Crippen molar-refractivity contribution in [3.63, 3.8) is 0 Å². The van der Waals surface area contributed by atoms with Crippen LogP contribution in [-0.2, 0) is 7.05 Å². The van der Waals surface area contributed by atoms with Crippen molar-refractivity contribution in [1.82, 2.24) is 9.78 Å². The van der Waals surface area contributed by atoms with Gasteiger partial charge in [0.05, 0.1) is 11.3 Å². The quantitative estimate of drug-likeness (QED) is 0.703. The van der Waals surface area contributed by atoms with E-state index in [1.807, 2.05) is 0 Å². The van der Waals surface area contributed by atoms with Gasteiger partial charge < -0.3 is 20.1 Å². The van der Waals surface area contributed by atoms with E-state index in [4.69, 9.17) is 9.47 Å². The topological polar surface area (TPSA) is 112 Å². The van der Waals surface area contributed by atoms with E-state index in [-0.39, 0.29) is 23.6 Å². The van der Waals surface area contributed by atoms with Gasteiger partial charge in [-0.15, -0.1) is 0 Å². The summed E-state index contributed by atoms with van der Waals surface area (Å²) in [5, 5.41) is 9.34. The highest BCUT2D eigenvalue weighted by Gasteiger charge is 2.18. The van der Waals surface area contributed by atoms with Crippen molar-refractivity contribution in [3.05, 3.63) is 76.2 Å². The first-order valence-electron chi connectivity index (χ1n) is 8.67. The van der Waals surface area contributed by atoms with Crippen molar-refractivity contribution in [2.45, 2.75) is 0 Å². The summed E-state index contributed by atoms with van der Waals surface area (Å²) >= 11 is 0. The molecular weight excluding hydrogens is 376 g/mol. The van der Waals surface area contributed by atoms with Gasteiger partial charge in [0.25, 0.3) is 17.4 Å². The summed E-state index contributed by atoms with van der Waals surface area (Å²) in [6.07, 6.45) is 0. The van der Waals surface area contributed by atoms with Crippen molar-refractivity contribution in [2.75, 3.05) is 17.4 Å². The molecule has 1 aromatic heterocycles. The molecule has 2 aromatic carbocycles. The number of nitrogens with one attached hydrogen (secondary N) is 2. The SMILES string of the molecule is Cn1nc(C(=O)Nc2ccccc2C(=O)Nc2ccc3c(c2)OCO3)ccc1=O. The molecule has 9 heteroatoms. The van der Waals surface area contributed by atoms with Crippen molar-refractivity contribution in [2.24, 2.45) is 7.05 Å². The van der Waals surface area contributed by atoms with Crippen LogP contribution in [0.2, 0.25) is 0 Å². The number of hydrogen-bond donors (Lipinski definition) is 2. The first-order chi connectivity index (χ1) is 14.0. The number of aromatic nitrogens is 2. The highest BCUT2D eigenvalue weighted by atomic mass is 16.7. The molecule has 0 atom stereocenters. The number of ether oxygens (including phenoxy) is 2. The van der Waals surface area contributed by atoms with Crippen molar-refractivity contribution in [1.29, 1.82) is 0 Å². The van der Waals surface area contributed by atoms with Crippen LogP contribution < -0.4 is 25.7 Å². The van der Waals surface area contributed by atoms with Gasteiger partial charge in [0.1, 0.15) is 5.69 Å². The Morgan fingerprint density at radius 3 is 2.59 bits per heavy atom. The normalized spacial score (nSPS) is 11.8. The van der Waals surface area contributed by atoms with Crippen LogP contribution in [0.5, 0.6) is 11.5 Å². The maximum absolute atomic E-state index is 12.8. The van der Waals surface area contributed by atoms with E-state index in [0.29, 0.717) is 22.9 Å². The van der Waals surface area contributed by atoms with Gasteiger partial charge in [0.15, 0.2) is 11.5 Å². The van der Waals surface area contributed by atoms with Crippen LogP contribution in [0, 0.1) is 0 Å². The molecule has 9 nitrogen and oxygen atoms in total. The van der Waals surface area contributed by atoms with Gasteiger partial charge in [-0.2, -0.15) is 5.10 Å². The Labute approximate surface area is 164 Å². The van der Waals surface area contributed by atoms with Crippen LogP contribution in [0.3, 0.4) is 0 Å². The van der Waals surface area contributed by atoms with Crippen LogP contribution in [-0.4, -0.2) is 28.4 Å². The van der Waals surface area contributed by atoms with Crippen molar-refractivity contribution in [3.8, 4) is 11.5 Å². The molecule has 2 N–H and O–H groups in total. The second kappa shape index (κ2) is 7.47. The molecular formula is C20H16N4O5. The molecule has 0 spiro atoms. The fraction of sp³-hybridized carbons (Fsp3) is 0.100. The van der Waals surface area contributed by atoms with Gasteiger partial charge in [-0.3, -0.25) is 14.4 Å². The molecule has 0 fully saturated rings. The van der Waals surface area contributed by atoms with E-state index in [9.17, 15) is 14.4 Å². The monoisotopic (exact) mass is 392 g/mol. The highest BCUT2D eigenvalue weighted by molar-refractivity contribution is 6.12. The Morgan fingerprint density at radius 1 is 0.966 bits per heavy atom. The van der Waals surface area contributed by atoms with E-state index in [1.54, 1.807) is 42.5 Å². The number of fused-ring (bicyclic) bond motifs is 1. The summed E-state index contributed by atoms with van der Waals surface area (Å²) in [6.45, 7) is 0.140. The summed E-state index contributed by atoms with van der Waals surface area (Å²) < 4.78 is 11.6. The Balaban J connectivity index is 1.54. The van der Waals surface area contributed by atoms with E-state index in [2.05, 4.69) is 15.7 Å². The van der Waals surface area contributed by atoms with Crippen LogP contribution >= 0.6 is 0 Å². The largest absolute Gasteiger partial charge is 0.454 e. The molecule has 0 radical (unpaired) electrons. The molecule has 0 bridgehead atoms. The number of carbonyl (C=O) groups is 2. The number of rotatable bonds is 4. The van der Waals surface area contributed by atoms with E-state index < -0.39 is 11.8 Å². The van der Waals surface area contributed by atoms with Gasteiger partial charge >= 0.3 is 0 Å². The fourth-order valence-electron chi connectivity index (χ4n) is 2.77. The smallest absolute Gasteiger partial charge is 0.276 e. The third-order valence-corrected chi connectivity index (χ3v) is 4.24. The van der Waals surface area contributed by atoms with E-state index in [1.165, 1.54) is 19.2 Å². The Kier molecular flexibility index (Phi) is 4.70. The van der Waals surface area contributed by atoms with E-state index in [0.717, 1.165) is 4.68 Å². The molecule has 0 aliphatic carbocycles. The maximum Gasteiger partial charge on any atom is 0.276 e. The van der Waals surface area contributed by atoms with Gasteiger partial charge in [-0.1, -0.05) is 12.1 Å². The number of nitrogens with zero attached hydrogens (tertiary/aromatic N) is 2. The number of para-hydroxylation sites is 1. The third-order valence-electron chi connectivity index (χ3n) is 4.24.